The molecule has 0 rings (SSSR count). The minimum Gasteiger partial charge on any atom is -0.464 e. The van der Waals surface area contributed by atoms with Gasteiger partial charge in [-0.25, -0.2) is 9.59 Å². The molecule has 1 N–H and O–H groups in total. The summed E-state index contributed by atoms with van der Waals surface area (Å²) in [6, 6.07) is -0.653. The van der Waals surface area contributed by atoms with Gasteiger partial charge in [-0.2, -0.15) is 0 Å². The van der Waals surface area contributed by atoms with Crippen LogP contribution in [0.2, 0.25) is 0 Å². The third-order valence-electron chi connectivity index (χ3n) is 6.17. The average Bonchev–Trinajstić information content (AvgIpc) is 2.79. The molecule has 0 aliphatic carbocycles. The van der Waals surface area contributed by atoms with Gasteiger partial charge in [0, 0.05) is 0 Å². The van der Waals surface area contributed by atoms with E-state index in [0.717, 1.165) is 25.7 Å². The summed E-state index contributed by atoms with van der Waals surface area (Å²) in [5.74, 6) is -0.402. The quantitative estimate of drug-likeness (QED) is 0.121. The second-order valence-electron chi connectivity index (χ2n) is 9.83. The highest BCUT2D eigenvalue weighted by atomic mass is 16.6. The van der Waals surface area contributed by atoms with Gasteiger partial charge in [-0.15, -0.1) is 0 Å². The molecule has 5 heteroatoms. The highest BCUT2D eigenvalue weighted by molar-refractivity contribution is 5.81. The van der Waals surface area contributed by atoms with E-state index in [-0.39, 0.29) is 11.9 Å². The van der Waals surface area contributed by atoms with Crippen LogP contribution in [0.15, 0.2) is 0 Å². The van der Waals surface area contributed by atoms with Crippen LogP contribution < -0.4 is 5.32 Å². The van der Waals surface area contributed by atoms with E-state index in [9.17, 15) is 9.59 Å². The van der Waals surface area contributed by atoms with Crippen molar-refractivity contribution < 1.29 is 19.1 Å². The van der Waals surface area contributed by atoms with Gasteiger partial charge in [0.05, 0.1) is 13.2 Å². The zero-order valence-electron chi connectivity index (χ0n) is 22.4. The summed E-state index contributed by atoms with van der Waals surface area (Å²) >= 11 is 0. The first-order chi connectivity index (χ1) is 16.0. The Labute approximate surface area is 205 Å². The zero-order chi connectivity index (χ0) is 24.6. The third kappa shape index (κ3) is 21.0. The van der Waals surface area contributed by atoms with Gasteiger partial charge < -0.3 is 14.8 Å². The molecule has 1 atom stereocenters. The maximum absolute atomic E-state index is 12.3. The summed E-state index contributed by atoms with van der Waals surface area (Å²) < 4.78 is 10.5. The Morgan fingerprint density at radius 2 is 0.970 bits per heavy atom. The highest BCUT2D eigenvalue weighted by Gasteiger charge is 2.26. The molecule has 0 aromatic rings. The molecule has 0 bridgehead atoms. The number of hydrogen-bond acceptors (Lipinski definition) is 4. The van der Waals surface area contributed by atoms with Crippen molar-refractivity contribution >= 4 is 12.1 Å². The Morgan fingerprint density at radius 1 is 0.576 bits per heavy atom. The minimum absolute atomic E-state index is 0.0398. The van der Waals surface area contributed by atoms with Crippen LogP contribution in [0.4, 0.5) is 4.79 Å². The fourth-order valence-corrected chi connectivity index (χ4v) is 3.89. The molecular weight excluding hydrogens is 414 g/mol. The number of rotatable bonds is 23. The fourth-order valence-electron chi connectivity index (χ4n) is 3.89. The van der Waals surface area contributed by atoms with Crippen molar-refractivity contribution in [2.24, 2.45) is 5.92 Å². The van der Waals surface area contributed by atoms with Gasteiger partial charge in [-0.05, 0) is 18.8 Å². The molecule has 0 radical (unpaired) electrons. The van der Waals surface area contributed by atoms with Crippen LogP contribution in [0.5, 0.6) is 0 Å². The molecule has 0 fully saturated rings. The van der Waals surface area contributed by atoms with Crippen LogP contribution in [0, 0.1) is 5.92 Å². The number of amides is 1. The van der Waals surface area contributed by atoms with Crippen molar-refractivity contribution in [1.82, 2.24) is 5.32 Å². The molecule has 0 heterocycles. The number of carbonyl (C=O) groups excluding carboxylic acids is 2. The Kier molecular flexibility index (Phi) is 23.0. The van der Waals surface area contributed by atoms with Gasteiger partial charge in [0.25, 0.3) is 0 Å². The second kappa shape index (κ2) is 23.9. The molecule has 0 saturated carbocycles. The maximum atomic E-state index is 12.3. The van der Waals surface area contributed by atoms with Gasteiger partial charge in [0.15, 0.2) is 0 Å². The Hall–Kier alpha value is -1.26. The number of hydrogen-bond donors (Lipinski definition) is 1. The van der Waals surface area contributed by atoms with Crippen molar-refractivity contribution in [2.75, 3.05) is 13.2 Å². The average molecular weight is 470 g/mol. The monoisotopic (exact) mass is 469 g/mol. The van der Waals surface area contributed by atoms with Crippen molar-refractivity contribution in [3.8, 4) is 0 Å². The molecule has 0 aromatic carbocycles. The number of carbonyl (C=O) groups is 2. The summed E-state index contributed by atoms with van der Waals surface area (Å²) in [7, 11) is 0. The number of nitrogens with one attached hydrogen (secondary N) is 1. The van der Waals surface area contributed by atoms with E-state index in [1.165, 1.54) is 89.9 Å². The molecule has 0 aliphatic heterocycles. The van der Waals surface area contributed by atoms with Crippen LogP contribution in [0.1, 0.15) is 143 Å². The smallest absolute Gasteiger partial charge is 0.407 e. The van der Waals surface area contributed by atoms with Crippen LogP contribution in [-0.4, -0.2) is 31.3 Å². The number of esters is 1. The molecule has 0 unspecified atom stereocenters. The van der Waals surface area contributed by atoms with Crippen LogP contribution in [0.3, 0.4) is 0 Å². The normalized spacial score (nSPS) is 12.0. The predicted molar refractivity (Wildman–Crippen MR) is 139 cm³/mol. The third-order valence-corrected chi connectivity index (χ3v) is 6.17. The molecule has 33 heavy (non-hydrogen) atoms. The summed E-state index contributed by atoms with van der Waals surface area (Å²) in [6.07, 6.45) is 22.4. The lowest BCUT2D eigenvalue weighted by Gasteiger charge is -2.20. The zero-order valence-corrected chi connectivity index (χ0v) is 22.4. The lowest BCUT2D eigenvalue weighted by Crippen LogP contribution is -2.45. The van der Waals surface area contributed by atoms with Crippen molar-refractivity contribution in [1.29, 1.82) is 0 Å². The van der Waals surface area contributed by atoms with Crippen molar-refractivity contribution in [3.63, 3.8) is 0 Å². The SMILES string of the molecule is CCCCCCCCCCCCCCCCCCOC(=O)[C@@H](NC(=O)OCCCC)C(C)C. The summed E-state index contributed by atoms with van der Waals surface area (Å²) in [5.41, 5.74) is 0. The van der Waals surface area contributed by atoms with Gasteiger partial charge >= 0.3 is 12.1 Å². The Morgan fingerprint density at radius 3 is 1.39 bits per heavy atom. The van der Waals surface area contributed by atoms with Gasteiger partial charge in [-0.1, -0.05) is 130 Å². The van der Waals surface area contributed by atoms with E-state index < -0.39 is 12.1 Å². The molecule has 1 amide bonds. The maximum Gasteiger partial charge on any atom is 0.407 e. The predicted octanol–water partition coefficient (Wildman–Crippen LogP) is 8.34. The number of alkyl carbamates (subject to hydrolysis) is 1. The molecule has 0 aliphatic rings. The molecular formula is C28H55NO4. The van der Waals surface area contributed by atoms with E-state index in [1.807, 2.05) is 20.8 Å². The number of unbranched alkanes of at least 4 members (excludes halogenated alkanes) is 16. The molecule has 0 aromatic heterocycles. The summed E-state index contributed by atoms with van der Waals surface area (Å²) in [6.45, 7) is 8.90. The molecule has 196 valence electrons. The standard InChI is InChI=1S/C28H55NO4/c1-5-7-9-10-11-12-13-14-15-16-17-18-19-20-21-22-24-32-27(30)26(25(3)4)29-28(31)33-23-8-6-2/h25-26H,5-24H2,1-4H3,(H,29,31)/t26-/m0/s1. The van der Waals surface area contributed by atoms with Crippen LogP contribution >= 0.6 is 0 Å². The number of ether oxygens (including phenoxy) is 2. The summed E-state index contributed by atoms with van der Waals surface area (Å²) in [4.78, 5) is 24.1. The Balaban J connectivity index is 3.56. The lowest BCUT2D eigenvalue weighted by molar-refractivity contribution is -0.147. The lowest BCUT2D eigenvalue weighted by atomic mass is 10.0. The topological polar surface area (TPSA) is 64.6 Å². The van der Waals surface area contributed by atoms with E-state index in [4.69, 9.17) is 9.47 Å². The first kappa shape index (κ1) is 31.7. The van der Waals surface area contributed by atoms with Crippen LogP contribution in [0.25, 0.3) is 0 Å². The molecule has 5 nitrogen and oxygen atoms in total. The fraction of sp³-hybridized carbons (Fsp3) is 0.929. The van der Waals surface area contributed by atoms with Gasteiger partial charge in [-0.3, -0.25) is 0 Å². The van der Waals surface area contributed by atoms with Crippen LogP contribution in [-0.2, 0) is 14.3 Å². The van der Waals surface area contributed by atoms with Gasteiger partial charge in [0.1, 0.15) is 6.04 Å². The minimum atomic E-state index is -0.653. The molecule has 0 spiro atoms. The van der Waals surface area contributed by atoms with E-state index >= 15 is 0 Å². The van der Waals surface area contributed by atoms with E-state index in [2.05, 4.69) is 12.2 Å². The van der Waals surface area contributed by atoms with E-state index in [0.29, 0.717) is 13.2 Å². The molecule has 0 saturated heterocycles. The second-order valence-corrected chi connectivity index (χ2v) is 9.83. The van der Waals surface area contributed by atoms with Crippen molar-refractivity contribution in [2.45, 2.75) is 149 Å². The first-order valence-electron chi connectivity index (χ1n) is 14.1. The highest BCUT2D eigenvalue weighted by Crippen LogP contribution is 2.14. The summed E-state index contributed by atoms with van der Waals surface area (Å²) in [5, 5.41) is 2.65. The first-order valence-corrected chi connectivity index (χ1v) is 14.1. The Bertz CT molecular complexity index is 453. The van der Waals surface area contributed by atoms with Crippen molar-refractivity contribution in [3.05, 3.63) is 0 Å². The largest absolute Gasteiger partial charge is 0.464 e. The van der Waals surface area contributed by atoms with Gasteiger partial charge in [0.2, 0.25) is 0 Å². The van der Waals surface area contributed by atoms with E-state index in [1.54, 1.807) is 0 Å².